The van der Waals surface area contributed by atoms with Crippen molar-refractivity contribution in [1.29, 1.82) is 0 Å². The molecule has 7 heteroatoms. The second kappa shape index (κ2) is 9.03. The summed E-state index contributed by atoms with van der Waals surface area (Å²) in [6.07, 6.45) is 4.76. The maximum Gasteiger partial charge on any atom is 0.226 e. The van der Waals surface area contributed by atoms with E-state index < -0.39 is 0 Å². The fraction of sp³-hybridized carbons (Fsp3) is 0.500. The molecule has 0 aromatic carbocycles. The van der Waals surface area contributed by atoms with Crippen LogP contribution in [0.4, 0.5) is 0 Å². The molecule has 2 aromatic rings. The molecule has 1 aliphatic rings. The Hall–Kier alpha value is -1.83. The Morgan fingerprint density at radius 2 is 2.28 bits per heavy atom. The molecule has 1 saturated heterocycles. The number of carbonyl (C=O) groups excluding carboxylic acids is 1. The molecule has 0 radical (unpaired) electrons. The van der Waals surface area contributed by atoms with Gasteiger partial charge in [-0.1, -0.05) is 6.92 Å². The average molecular weight is 360 g/mol. The van der Waals surface area contributed by atoms with E-state index in [2.05, 4.69) is 27.1 Å². The lowest BCUT2D eigenvalue weighted by Gasteiger charge is -2.30. The Morgan fingerprint density at radius 1 is 1.44 bits per heavy atom. The molecule has 1 aliphatic heterocycles. The zero-order chi connectivity index (χ0) is 17.5. The number of rotatable bonds is 7. The lowest BCUT2D eigenvalue weighted by molar-refractivity contribution is -0.121. The Labute approximate surface area is 152 Å². The summed E-state index contributed by atoms with van der Waals surface area (Å²) in [6.45, 7) is 6.42. The van der Waals surface area contributed by atoms with Crippen molar-refractivity contribution < 1.29 is 9.53 Å². The highest BCUT2D eigenvalue weighted by molar-refractivity contribution is 7.13. The van der Waals surface area contributed by atoms with Gasteiger partial charge in [-0.3, -0.25) is 14.7 Å². The van der Waals surface area contributed by atoms with Crippen LogP contribution in [0.5, 0.6) is 0 Å². The maximum absolute atomic E-state index is 12.4. The van der Waals surface area contributed by atoms with Crippen LogP contribution in [0.15, 0.2) is 29.9 Å². The lowest BCUT2D eigenvalue weighted by Crippen LogP contribution is -2.47. The highest BCUT2D eigenvalue weighted by Gasteiger charge is 2.18. The minimum Gasteiger partial charge on any atom is -0.379 e. The van der Waals surface area contributed by atoms with Crippen molar-refractivity contribution in [2.75, 3.05) is 32.8 Å². The SMILES string of the molecule is CCC(CN1CCOCC1)NC(=O)Cc1csc(-c2cccnc2)n1. The molecule has 25 heavy (non-hydrogen) atoms. The first kappa shape index (κ1) is 18.0. The minimum absolute atomic E-state index is 0.0307. The Balaban J connectivity index is 1.52. The van der Waals surface area contributed by atoms with E-state index in [9.17, 15) is 4.79 Å². The van der Waals surface area contributed by atoms with E-state index in [0.717, 1.165) is 55.5 Å². The van der Waals surface area contributed by atoms with Gasteiger partial charge in [0, 0.05) is 49.0 Å². The summed E-state index contributed by atoms with van der Waals surface area (Å²) in [6, 6.07) is 4.04. The minimum atomic E-state index is 0.0307. The van der Waals surface area contributed by atoms with Crippen molar-refractivity contribution >= 4 is 17.2 Å². The van der Waals surface area contributed by atoms with Gasteiger partial charge in [0.1, 0.15) is 5.01 Å². The van der Waals surface area contributed by atoms with Crippen LogP contribution in [-0.2, 0) is 16.0 Å². The summed E-state index contributed by atoms with van der Waals surface area (Å²) >= 11 is 1.54. The van der Waals surface area contributed by atoms with Gasteiger partial charge in [-0.25, -0.2) is 4.98 Å². The largest absolute Gasteiger partial charge is 0.379 e. The Kier molecular flexibility index (Phi) is 6.49. The first-order valence-electron chi connectivity index (χ1n) is 8.69. The molecule has 3 heterocycles. The standard InChI is InChI=1S/C18H24N4O2S/c1-2-15(12-22-6-8-24-9-7-22)20-17(23)10-16-13-25-18(21-16)14-4-3-5-19-11-14/h3-5,11,13,15H,2,6-10,12H2,1H3,(H,20,23). The molecule has 0 spiro atoms. The highest BCUT2D eigenvalue weighted by atomic mass is 32.1. The highest BCUT2D eigenvalue weighted by Crippen LogP contribution is 2.22. The number of thiazole rings is 1. The monoisotopic (exact) mass is 360 g/mol. The van der Waals surface area contributed by atoms with Gasteiger partial charge in [-0.15, -0.1) is 11.3 Å². The smallest absolute Gasteiger partial charge is 0.226 e. The molecule has 0 bridgehead atoms. The molecule has 1 atom stereocenters. The zero-order valence-corrected chi connectivity index (χ0v) is 15.3. The Morgan fingerprint density at radius 3 is 3.00 bits per heavy atom. The first-order chi connectivity index (χ1) is 12.2. The van der Waals surface area contributed by atoms with Crippen LogP contribution >= 0.6 is 11.3 Å². The predicted molar refractivity (Wildman–Crippen MR) is 98.5 cm³/mol. The number of carbonyl (C=O) groups is 1. The molecule has 6 nitrogen and oxygen atoms in total. The van der Waals surface area contributed by atoms with Crippen molar-refractivity contribution in [1.82, 2.24) is 20.2 Å². The van der Waals surface area contributed by atoms with Gasteiger partial charge in [-0.05, 0) is 18.6 Å². The topological polar surface area (TPSA) is 67.3 Å². The molecule has 1 N–H and O–H groups in total. The number of nitrogens with one attached hydrogen (secondary N) is 1. The summed E-state index contributed by atoms with van der Waals surface area (Å²) in [5.74, 6) is 0.0307. The van der Waals surface area contributed by atoms with Crippen molar-refractivity contribution in [3.05, 3.63) is 35.6 Å². The molecule has 2 aromatic heterocycles. The molecule has 134 valence electrons. The summed E-state index contributed by atoms with van der Waals surface area (Å²) in [4.78, 5) is 23.4. The number of hydrogen-bond acceptors (Lipinski definition) is 6. The van der Waals surface area contributed by atoms with Crippen LogP contribution in [0, 0.1) is 0 Å². The third-order valence-corrected chi connectivity index (χ3v) is 5.18. The van der Waals surface area contributed by atoms with E-state index in [1.807, 2.05) is 17.5 Å². The summed E-state index contributed by atoms with van der Waals surface area (Å²) < 4.78 is 5.37. The maximum atomic E-state index is 12.4. The molecule has 0 aliphatic carbocycles. The van der Waals surface area contributed by atoms with Crippen molar-refractivity contribution in [2.24, 2.45) is 0 Å². The molecular weight excluding hydrogens is 336 g/mol. The lowest BCUT2D eigenvalue weighted by atomic mass is 10.2. The van der Waals surface area contributed by atoms with Gasteiger partial charge >= 0.3 is 0 Å². The Bertz CT molecular complexity index is 671. The molecule has 0 saturated carbocycles. The van der Waals surface area contributed by atoms with Crippen LogP contribution in [0.1, 0.15) is 19.0 Å². The fourth-order valence-electron chi connectivity index (χ4n) is 2.83. The van der Waals surface area contributed by atoms with Crippen LogP contribution in [0.2, 0.25) is 0 Å². The summed E-state index contributed by atoms with van der Waals surface area (Å²) in [5, 5.41) is 5.99. The quantitative estimate of drug-likeness (QED) is 0.818. The third-order valence-electron chi connectivity index (χ3n) is 4.24. The number of aromatic nitrogens is 2. The number of pyridine rings is 1. The summed E-state index contributed by atoms with van der Waals surface area (Å²) in [5.41, 5.74) is 1.79. The van der Waals surface area contributed by atoms with Crippen LogP contribution < -0.4 is 5.32 Å². The van der Waals surface area contributed by atoms with Gasteiger partial charge in [0.2, 0.25) is 5.91 Å². The first-order valence-corrected chi connectivity index (χ1v) is 9.57. The van der Waals surface area contributed by atoms with Crippen LogP contribution in [0.3, 0.4) is 0 Å². The van der Waals surface area contributed by atoms with Crippen LogP contribution in [-0.4, -0.2) is 59.7 Å². The van der Waals surface area contributed by atoms with E-state index in [1.54, 1.807) is 23.7 Å². The molecule has 1 unspecified atom stereocenters. The summed E-state index contributed by atoms with van der Waals surface area (Å²) in [7, 11) is 0. The molecule has 3 rings (SSSR count). The van der Waals surface area contributed by atoms with Crippen molar-refractivity contribution in [3.8, 4) is 10.6 Å². The van der Waals surface area contributed by atoms with Gasteiger partial charge in [0.15, 0.2) is 0 Å². The number of nitrogens with zero attached hydrogens (tertiary/aromatic N) is 3. The second-order valence-corrected chi connectivity index (χ2v) is 7.01. The van der Waals surface area contributed by atoms with Gasteiger partial charge in [0.05, 0.1) is 25.3 Å². The van der Waals surface area contributed by atoms with Gasteiger partial charge in [0.25, 0.3) is 0 Å². The number of hydrogen-bond donors (Lipinski definition) is 1. The zero-order valence-electron chi connectivity index (χ0n) is 14.5. The van der Waals surface area contributed by atoms with Crippen molar-refractivity contribution in [3.63, 3.8) is 0 Å². The predicted octanol–water partition coefficient (Wildman–Crippen LogP) is 1.97. The van der Waals surface area contributed by atoms with E-state index in [-0.39, 0.29) is 11.9 Å². The third kappa shape index (κ3) is 5.32. The molecule has 1 fully saturated rings. The number of ether oxygens (including phenoxy) is 1. The average Bonchev–Trinajstić information content (AvgIpc) is 3.11. The van der Waals surface area contributed by atoms with E-state index in [0.29, 0.717) is 6.42 Å². The normalized spacial score (nSPS) is 16.5. The van der Waals surface area contributed by atoms with Gasteiger partial charge in [-0.2, -0.15) is 0 Å². The number of amides is 1. The van der Waals surface area contributed by atoms with Crippen molar-refractivity contribution in [2.45, 2.75) is 25.8 Å². The fourth-order valence-corrected chi connectivity index (χ4v) is 3.64. The van der Waals surface area contributed by atoms with Gasteiger partial charge < -0.3 is 10.1 Å². The van der Waals surface area contributed by atoms with E-state index in [1.165, 1.54) is 0 Å². The number of morpholine rings is 1. The van der Waals surface area contributed by atoms with Crippen LogP contribution in [0.25, 0.3) is 10.6 Å². The molecule has 1 amide bonds. The molecular formula is C18H24N4O2S. The van der Waals surface area contributed by atoms with E-state index >= 15 is 0 Å². The second-order valence-electron chi connectivity index (χ2n) is 6.15. The van der Waals surface area contributed by atoms with E-state index in [4.69, 9.17) is 4.74 Å².